The van der Waals surface area contributed by atoms with Gasteiger partial charge in [0.15, 0.2) is 0 Å². The lowest BCUT2D eigenvalue weighted by atomic mass is 10.2. The molecule has 1 heterocycles. The number of carbonyl (C=O) groups excluding carboxylic acids is 1. The van der Waals surface area contributed by atoms with E-state index >= 15 is 0 Å². The number of rotatable bonds is 8. The van der Waals surface area contributed by atoms with Crippen LogP contribution >= 0.6 is 11.3 Å². The minimum Gasteiger partial charge on any atom is -0.326 e. The number of thiophene rings is 1. The second kappa shape index (κ2) is 8.97. The molecule has 0 spiro atoms. The van der Waals surface area contributed by atoms with E-state index in [0.717, 1.165) is 31.9 Å². The largest absolute Gasteiger partial charge is 0.326 e. The fourth-order valence-electron chi connectivity index (χ4n) is 2.50. The number of aryl methyl sites for hydroxylation is 1. The van der Waals surface area contributed by atoms with Crippen molar-refractivity contribution in [3.8, 4) is 0 Å². The fourth-order valence-corrected chi connectivity index (χ4v) is 3.43. The molecule has 4 nitrogen and oxygen atoms in total. The van der Waals surface area contributed by atoms with Gasteiger partial charge in [-0.3, -0.25) is 9.69 Å². The van der Waals surface area contributed by atoms with Crippen molar-refractivity contribution in [1.29, 1.82) is 0 Å². The van der Waals surface area contributed by atoms with Crippen LogP contribution in [0.4, 0.5) is 5.69 Å². The highest BCUT2D eigenvalue weighted by Gasteiger charge is 2.09. The van der Waals surface area contributed by atoms with Gasteiger partial charge in [-0.1, -0.05) is 12.1 Å². The minimum atomic E-state index is -0.0385. The van der Waals surface area contributed by atoms with Gasteiger partial charge in [0.2, 0.25) is 5.91 Å². The Morgan fingerprint density at radius 1 is 1.04 bits per heavy atom. The standard InChI is InChI=1S/C19H27N3OS/c1-15-5-10-19(24-15)14-22(12-11-21(3)4)13-17-6-8-18(9-7-17)20-16(2)23/h5-10H,11-14H2,1-4H3,(H,20,23). The van der Waals surface area contributed by atoms with Crippen LogP contribution in [0.15, 0.2) is 36.4 Å². The predicted molar refractivity (Wildman–Crippen MR) is 102 cm³/mol. The van der Waals surface area contributed by atoms with E-state index in [2.05, 4.69) is 60.4 Å². The van der Waals surface area contributed by atoms with E-state index in [4.69, 9.17) is 0 Å². The topological polar surface area (TPSA) is 35.6 Å². The first-order chi connectivity index (χ1) is 11.4. The second-order valence-electron chi connectivity index (χ2n) is 6.40. The number of carbonyl (C=O) groups is 1. The van der Waals surface area contributed by atoms with Crippen LogP contribution in [0, 0.1) is 6.92 Å². The van der Waals surface area contributed by atoms with Gasteiger partial charge in [0.25, 0.3) is 0 Å². The summed E-state index contributed by atoms with van der Waals surface area (Å²) in [4.78, 5) is 18.6. The number of likely N-dealkylation sites (N-methyl/N-ethyl adjacent to an activating group) is 1. The van der Waals surface area contributed by atoms with Gasteiger partial charge in [-0.05, 0) is 50.8 Å². The van der Waals surface area contributed by atoms with Crippen LogP contribution in [-0.2, 0) is 17.9 Å². The third-order valence-electron chi connectivity index (χ3n) is 3.72. The summed E-state index contributed by atoms with van der Waals surface area (Å²) >= 11 is 1.87. The number of anilines is 1. The Hall–Kier alpha value is -1.69. The smallest absolute Gasteiger partial charge is 0.221 e. The van der Waals surface area contributed by atoms with Gasteiger partial charge >= 0.3 is 0 Å². The third-order valence-corrected chi connectivity index (χ3v) is 4.70. The Balaban J connectivity index is 2.01. The fraction of sp³-hybridized carbons (Fsp3) is 0.421. The molecule has 1 aromatic heterocycles. The molecule has 0 fully saturated rings. The Morgan fingerprint density at radius 3 is 2.29 bits per heavy atom. The van der Waals surface area contributed by atoms with Gasteiger partial charge in [-0.2, -0.15) is 0 Å². The first kappa shape index (κ1) is 18.6. The molecule has 1 aromatic carbocycles. The van der Waals surface area contributed by atoms with Gasteiger partial charge < -0.3 is 10.2 Å². The van der Waals surface area contributed by atoms with Crippen molar-refractivity contribution in [2.24, 2.45) is 0 Å². The summed E-state index contributed by atoms with van der Waals surface area (Å²) in [5.41, 5.74) is 2.11. The summed E-state index contributed by atoms with van der Waals surface area (Å²) in [6, 6.07) is 12.5. The first-order valence-corrected chi connectivity index (χ1v) is 9.03. The number of amides is 1. The van der Waals surface area contributed by atoms with Crippen LogP contribution in [0.1, 0.15) is 22.2 Å². The molecule has 0 bridgehead atoms. The first-order valence-electron chi connectivity index (χ1n) is 8.21. The van der Waals surface area contributed by atoms with Crippen molar-refractivity contribution in [3.05, 3.63) is 51.7 Å². The lowest BCUT2D eigenvalue weighted by Crippen LogP contribution is -2.30. The van der Waals surface area contributed by atoms with Crippen LogP contribution in [0.5, 0.6) is 0 Å². The molecule has 1 N–H and O–H groups in total. The molecule has 0 unspecified atom stereocenters. The zero-order valence-corrected chi connectivity index (χ0v) is 15.8. The molecule has 0 atom stereocenters. The molecule has 24 heavy (non-hydrogen) atoms. The average Bonchev–Trinajstić information content (AvgIpc) is 2.91. The molecule has 0 aliphatic carbocycles. The molecule has 0 radical (unpaired) electrons. The maximum absolute atomic E-state index is 11.1. The zero-order valence-electron chi connectivity index (χ0n) is 15.0. The van der Waals surface area contributed by atoms with Crippen molar-refractivity contribution in [2.75, 3.05) is 32.5 Å². The quantitative estimate of drug-likeness (QED) is 0.794. The van der Waals surface area contributed by atoms with Crippen LogP contribution in [0.3, 0.4) is 0 Å². The second-order valence-corrected chi connectivity index (χ2v) is 7.78. The molecule has 1 amide bonds. The maximum Gasteiger partial charge on any atom is 0.221 e. The van der Waals surface area contributed by atoms with Gasteiger partial charge in [0.1, 0.15) is 0 Å². The number of nitrogens with zero attached hydrogens (tertiary/aromatic N) is 2. The predicted octanol–water partition coefficient (Wildman–Crippen LogP) is 3.58. The van der Waals surface area contributed by atoms with Crippen molar-refractivity contribution < 1.29 is 4.79 Å². The monoisotopic (exact) mass is 345 g/mol. The van der Waals surface area contributed by atoms with Crippen molar-refractivity contribution >= 4 is 22.9 Å². The SMILES string of the molecule is CC(=O)Nc1ccc(CN(CCN(C)C)Cc2ccc(C)s2)cc1. The summed E-state index contributed by atoms with van der Waals surface area (Å²) in [5.74, 6) is -0.0385. The minimum absolute atomic E-state index is 0.0385. The molecule has 0 saturated heterocycles. The highest BCUT2D eigenvalue weighted by atomic mass is 32.1. The zero-order chi connectivity index (χ0) is 17.5. The van der Waals surface area contributed by atoms with Gasteiger partial charge in [-0.15, -0.1) is 11.3 Å². The third kappa shape index (κ3) is 6.43. The average molecular weight is 346 g/mol. The molecule has 5 heteroatoms. The molecule has 0 aliphatic rings. The Labute approximate surface area is 149 Å². The van der Waals surface area contributed by atoms with Gasteiger partial charge in [-0.25, -0.2) is 0 Å². The van der Waals surface area contributed by atoms with E-state index in [1.54, 1.807) is 0 Å². The Bertz CT molecular complexity index is 649. The van der Waals surface area contributed by atoms with E-state index in [1.807, 2.05) is 23.5 Å². The van der Waals surface area contributed by atoms with E-state index < -0.39 is 0 Å². The highest BCUT2D eigenvalue weighted by molar-refractivity contribution is 7.11. The number of benzene rings is 1. The molecular formula is C19H27N3OS. The van der Waals surface area contributed by atoms with Crippen LogP contribution in [0.25, 0.3) is 0 Å². The summed E-state index contributed by atoms with van der Waals surface area (Å²) in [7, 11) is 4.21. The van der Waals surface area contributed by atoms with Gasteiger partial charge in [0.05, 0.1) is 0 Å². The Morgan fingerprint density at radius 2 is 1.75 bits per heavy atom. The van der Waals surface area contributed by atoms with Crippen LogP contribution < -0.4 is 5.32 Å². The van der Waals surface area contributed by atoms with Crippen molar-refractivity contribution in [3.63, 3.8) is 0 Å². The molecule has 0 aliphatic heterocycles. The van der Waals surface area contributed by atoms with E-state index in [-0.39, 0.29) is 5.91 Å². The van der Waals surface area contributed by atoms with E-state index in [9.17, 15) is 4.79 Å². The summed E-state index contributed by atoms with van der Waals surface area (Å²) in [6.45, 7) is 7.62. The van der Waals surface area contributed by atoms with Crippen molar-refractivity contribution in [1.82, 2.24) is 9.80 Å². The lowest BCUT2D eigenvalue weighted by Gasteiger charge is -2.24. The molecule has 2 aromatic rings. The highest BCUT2D eigenvalue weighted by Crippen LogP contribution is 2.19. The summed E-state index contributed by atoms with van der Waals surface area (Å²) in [5, 5.41) is 2.81. The van der Waals surface area contributed by atoms with Gasteiger partial charge in [0, 0.05) is 48.5 Å². The number of hydrogen-bond acceptors (Lipinski definition) is 4. The van der Waals surface area contributed by atoms with Crippen LogP contribution in [0.2, 0.25) is 0 Å². The lowest BCUT2D eigenvalue weighted by molar-refractivity contribution is -0.114. The summed E-state index contributed by atoms with van der Waals surface area (Å²) in [6.07, 6.45) is 0. The Kier molecular flexibility index (Phi) is 6.97. The van der Waals surface area contributed by atoms with E-state index in [0.29, 0.717) is 0 Å². The van der Waals surface area contributed by atoms with E-state index in [1.165, 1.54) is 22.2 Å². The van der Waals surface area contributed by atoms with Crippen LogP contribution in [-0.4, -0.2) is 42.9 Å². The molecule has 0 saturated carbocycles. The normalized spacial score (nSPS) is 11.2. The van der Waals surface area contributed by atoms with Crippen molar-refractivity contribution in [2.45, 2.75) is 26.9 Å². The molecule has 130 valence electrons. The number of hydrogen-bond donors (Lipinski definition) is 1. The molecule has 2 rings (SSSR count). The number of nitrogens with one attached hydrogen (secondary N) is 1. The maximum atomic E-state index is 11.1. The summed E-state index contributed by atoms with van der Waals surface area (Å²) < 4.78 is 0. The molecular weight excluding hydrogens is 318 g/mol.